The Morgan fingerprint density at radius 1 is 0.970 bits per heavy atom. The molecule has 0 radical (unpaired) electrons. The minimum absolute atomic E-state index is 0.183. The number of benzene rings is 3. The van der Waals surface area contributed by atoms with Crippen molar-refractivity contribution in [3.63, 3.8) is 0 Å². The van der Waals surface area contributed by atoms with E-state index in [2.05, 4.69) is 9.82 Å². The monoisotopic (exact) mass is 487 g/mol. The third-order valence-electron chi connectivity index (χ3n) is 5.20. The predicted octanol–water partition coefficient (Wildman–Crippen LogP) is 4.05. The average Bonchev–Trinajstić information content (AvgIpc) is 3.20. The van der Waals surface area contributed by atoms with Crippen LogP contribution in [0.25, 0.3) is 0 Å². The molecular formula is C23H22FN3O4S2. The third-order valence-corrected chi connectivity index (χ3v) is 7.48. The maximum Gasteiger partial charge on any atom is 0.279 e. The Bertz CT molecular complexity index is 1420. The molecule has 0 fully saturated rings. The molecule has 172 valence electrons. The van der Waals surface area contributed by atoms with Gasteiger partial charge in [-0.2, -0.15) is 17.9 Å². The summed E-state index contributed by atoms with van der Waals surface area (Å²) in [6.45, 7) is 1.94. The van der Waals surface area contributed by atoms with Crippen molar-refractivity contribution in [2.75, 3.05) is 11.0 Å². The number of sulfonamides is 2. The summed E-state index contributed by atoms with van der Waals surface area (Å²) in [4.78, 5) is -0.183. The average molecular weight is 488 g/mol. The molecule has 1 N–H and O–H groups in total. The number of halogens is 1. The second-order valence-corrected chi connectivity index (χ2v) is 11.4. The first kappa shape index (κ1) is 22.9. The van der Waals surface area contributed by atoms with Crippen LogP contribution in [0.1, 0.15) is 29.2 Å². The summed E-state index contributed by atoms with van der Waals surface area (Å²) in [6, 6.07) is 18.3. The van der Waals surface area contributed by atoms with E-state index in [1.54, 1.807) is 24.3 Å². The molecule has 7 nitrogen and oxygen atoms in total. The van der Waals surface area contributed by atoms with E-state index in [-0.39, 0.29) is 4.90 Å². The smallest absolute Gasteiger partial charge is 0.279 e. The predicted molar refractivity (Wildman–Crippen MR) is 125 cm³/mol. The second kappa shape index (κ2) is 8.60. The molecule has 0 saturated carbocycles. The lowest BCUT2D eigenvalue weighted by atomic mass is 9.98. The van der Waals surface area contributed by atoms with Crippen LogP contribution < -0.4 is 4.72 Å². The fourth-order valence-corrected chi connectivity index (χ4v) is 5.63. The van der Waals surface area contributed by atoms with Crippen LogP contribution in [0.2, 0.25) is 0 Å². The second-order valence-electron chi connectivity index (χ2n) is 7.86. The van der Waals surface area contributed by atoms with Crippen LogP contribution in [-0.4, -0.2) is 33.2 Å². The van der Waals surface area contributed by atoms with Gasteiger partial charge >= 0.3 is 0 Å². The van der Waals surface area contributed by atoms with Gasteiger partial charge in [0, 0.05) is 12.1 Å². The van der Waals surface area contributed by atoms with Gasteiger partial charge in [0.25, 0.3) is 10.0 Å². The third kappa shape index (κ3) is 5.07. The quantitative estimate of drug-likeness (QED) is 0.568. The van der Waals surface area contributed by atoms with Crippen LogP contribution in [-0.2, 0) is 20.0 Å². The minimum atomic E-state index is -4.13. The highest BCUT2D eigenvalue weighted by atomic mass is 32.2. The Balaban J connectivity index is 1.74. The van der Waals surface area contributed by atoms with E-state index in [4.69, 9.17) is 0 Å². The van der Waals surface area contributed by atoms with Crippen LogP contribution >= 0.6 is 0 Å². The lowest BCUT2D eigenvalue weighted by Crippen LogP contribution is -2.27. The summed E-state index contributed by atoms with van der Waals surface area (Å²) < 4.78 is 66.9. The van der Waals surface area contributed by atoms with Crippen LogP contribution in [0.15, 0.2) is 82.8 Å². The van der Waals surface area contributed by atoms with E-state index >= 15 is 0 Å². The van der Waals surface area contributed by atoms with E-state index < -0.39 is 31.9 Å². The Labute approximate surface area is 192 Å². The fourth-order valence-electron chi connectivity index (χ4n) is 3.60. The van der Waals surface area contributed by atoms with Crippen LogP contribution in [0.5, 0.6) is 0 Å². The summed E-state index contributed by atoms with van der Waals surface area (Å²) in [6.07, 6.45) is 1.36. The van der Waals surface area contributed by atoms with E-state index in [0.29, 0.717) is 23.4 Å². The summed E-state index contributed by atoms with van der Waals surface area (Å²) in [7, 11) is -7.55. The van der Waals surface area contributed by atoms with Crippen molar-refractivity contribution in [3.05, 3.63) is 95.3 Å². The number of nitrogens with zero attached hydrogens (tertiary/aromatic N) is 2. The summed E-state index contributed by atoms with van der Waals surface area (Å²) >= 11 is 0. The molecule has 0 unspecified atom stereocenters. The fraction of sp³-hybridized carbons (Fsp3) is 0.174. The van der Waals surface area contributed by atoms with Gasteiger partial charge < -0.3 is 0 Å². The number of nitrogens with one attached hydrogen (secondary N) is 1. The topological polar surface area (TPSA) is 95.9 Å². The Hall–Kier alpha value is -3.24. The molecule has 1 aliphatic rings. The molecule has 0 aliphatic carbocycles. The minimum Gasteiger partial charge on any atom is -0.284 e. The zero-order valence-electron chi connectivity index (χ0n) is 17.9. The molecule has 1 aliphatic heterocycles. The highest BCUT2D eigenvalue weighted by Gasteiger charge is 2.37. The number of hydrogen-bond donors (Lipinski definition) is 1. The van der Waals surface area contributed by atoms with Gasteiger partial charge in [0.15, 0.2) is 0 Å². The molecule has 0 spiro atoms. The summed E-state index contributed by atoms with van der Waals surface area (Å²) in [5.41, 5.74) is 3.36. The molecular weight excluding hydrogens is 465 g/mol. The van der Waals surface area contributed by atoms with Gasteiger partial charge in [0.05, 0.1) is 22.9 Å². The molecule has 0 saturated heterocycles. The molecule has 0 amide bonds. The van der Waals surface area contributed by atoms with E-state index in [0.717, 1.165) is 27.9 Å². The molecule has 1 atom stereocenters. The van der Waals surface area contributed by atoms with Crippen molar-refractivity contribution in [3.8, 4) is 0 Å². The van der Waals surface area contributed by atoms with Gasteiger partial charge in [-0.3, -0.25) is 4.72 Å². The Morgan fingerprint density at radius 3 is 2.24 bits per heavy atom. The Morgan fingerprint density at radius 2 is 1.64 bits per heavy atom. The number of anilines is 1. The SMILES string of the molecule is Cc1ccc([C@H]2CC(c3ccc(NS(C)(=O)=O)cc3)=NN2S(=O)(=O)c2cccc(F)c2)cc1. The summed E-state index contributed by atoms with van der Waals surface area (Å²) in [5, 5.41) is 4.42. The van der Waals surface area contributed by atoms with Crippen LogP contribution in [0.3, 0.4) is 0 Å². The van der Waals surface area contributed by atoms with Crippen LogP contribution in [0, 0.1) is 12.7 Å². The maximum atomic E-state index is 13.8. The number of aryl methyl sites for hydroxylation is 1. The van der Waals surface area contributed by atoms with Crippen molar-refractivity contribution >= 4 is 31.4 Å². The largest absolute Gasteiger partial charge is 0.284 e. The number of rotatable bonds is 6. The Kier molecular flexibility index (Phi) is 5.98. The van der Waals surface area contributed by atoms with Gasteiger partial charge in [-0.1, -0.05) is 48.0 Å². The zero-order valence-corrected chi connectivity index (χ0v) is 19.6. The highest BCUT2D eigenvalue weighted by molar-refractivity contribution is 7.92. The molecule has 3 aromatic rings. The van der Waals surface area contributed by atoms with Crippen molar-refractivity contribution in [2.45, 2.75) is 24.3 Å². The van der Waals surface area contributed by atoms with E-state index in [1.165, 1.54) is 18.2 Å². The first-order valence-corrected chi connectivity index (χ1v) is 13.4. The van der Waals surface area contributed by atoms with E-state index in [9.17, 15) is 21.2 Å². The van der Waals surface area contributed by atoms with Crippen molar-refractivity contribution in [2.24, 2.45) is 5.10 Å². The van der Waals surface area contributed by atoms with Gasteiger partial charge in [0.1, 0.15) is 5.82 Å². The van der Waals surface area contributed by atoms with Crippen molar-refractivity contribution in [1.82, 2.24) is 4.41 Å². The van der Waals surface area contributed by atoms with E-state index in [1.807, 2.05) is 31.2 Å². The standard InChI is InChI=1S/C23H22FN3O4S2/c1-16-6-8-18(9-7-16)23-15-22(17-10-12-20(13-11-17)26-32(2,28)29)25-27(23)33(30,31)21-5-3-4-19(24)14-21/h3-14,23,26H,15H2,1-2H3/t23-/m1/s1. The first-order chi connectivity index (χ1) is 15.5. The molecule has 10 heteroatoms. The lowest BCUT2D eigenvalue weighted by molar-refractivity contribution is 0.371. The number of hydrogen-bond acceptors (Lipinski definition) is 5. The molecule has 3 aromatic carbocycles. The van der Waals surface area contributed by atoms with Gasteiger partial charge in [-0.15, -0.1) is 0 Å². The molecule has 33 heavy (non-hydrogen) atoms. The highest BCUT2D eigenvalue weighted by Crippen LogP contribution is 2.37. The van der Waals surface area contributed by atoms with Gasteiger partial charge in [-0.25, -0.2) is 12.8 Å². The van der Waals surface area contributed by atoms with Crippen LogP contribution in [0.4, 0.5) is 10.1 Å². The first-order valence-electron chi connectivity index (χ1n) is 10.1. The van der Waals surface area contributed by atoms with Crippen molar-refractivity contribution in [1.29, 1.82) is 0 Å². The normalized spacial score (nSPS) is 16.5. The van der Waals surface area contributed by atoms with Gasteiger partial charge in [-0.05, 0) is 48.4 Å². The maximum absolute atomic E-state index is 13.8. The molecule has 0 aromatic heterocycles. The van der Waals surface area contributed by atoms with Crippen molar-refractivity contribution < 1.29 is 21.2 Å². The molecule has 1 heterocycles. The summed E-state index contributed by atoms with van der Waals surface area (Å²) in [5.74, 6) is -0.652. The van der Waals surface area contributed by atoms with Gasteiger partial charge in [0.2, 0.25) is 10.0 Å². The molecule has 0 bridgehead atoms. The molecule has 4 rings (SSSR count). The zero-order chi connectivity index (χ0) is 23.8. The number of hydrazone groups is 1. The lowest BCUT2D eigenvalue weighted by Gasteiger charge is -2.23.